The van der Waals surface area contributed by atoms with Crippen LogP contribution in [0.3, 0.4) is 0 Å². The lowest BCUT2D eigenvalue weighted by molar-refractivity contribution is 0.477. The van der Waals surface area contributed by atoms with E-state index in [2.05, 4.69) is 4.98 Å². The van der Waals surface area contributed by atoms with Gasteiger partial charge in [0, 0.05) is 5.56 Å². The van der Waals surface area contributed by atoms with Crippen molar-refractivity contribution in [2.45, 2.75) is 0 Å². The summed E-state index contributed by atoms with van der Waals surface area (Å²) in [6.07, 6.45) is 0. The summed E-state index contributed by atoms with van der Waals surface area (Å²) in [5.41, 5.74) is 1.72. The van der Waals surface area contributed by atoms with Crippen LogP contribution < -0.4 is 5.44 Å². The Morgan fingerprint density at radius 1 is 1.07 bits per heavy atom. The first-order chi connectivity index (χ1) is 7.31. The molecular formula is C11H8NO2P. The lowest BCUT2D eigenvalue weighted by atomic mass is 10.1. The SMILES string of the molecule is O=Pc1cccc(-c2ccccc2O)n1. The predicted molar refractivity (Wildman–Crippen MR) is 58.6 cm³/mol. The molecule has 0 saturated heterocycles. The molecule has 4 heteroatoms. The summed E-state index contributed by atoms with van der Waals surface area (Å²) in [4.78, 5) is 4.14. The number of hydrogen-bond donors (Lipinski definition) is 1. The number of pyridine rings is 1. The van der Waals surface area contributed by atoms with Gasteiger partial charge in [-0.2, -0.15) is 0 Å². The maximum atomic E-state index is 10.6. The third-order valence-corrected chi connectivity index (χ3v) is 2.44. The summed E-state index contributed by atoms with van der Waals surface area (Å²) in [6, 6.07) is 12.1. The number of para-hydroxylation sites is 1. The molecule has 1 N–H and O–H groups in total. The zero-order chi connectivity index (χ0) is 10.7. The van der Waals surface area contributed by atoms with E-state index in [0.29, 0.717) is 16.7 Å². The number of aromatic hydroxyl groups is 1. The highest BCUT2D eigenvalue weighted by Crippen LogP contribution is 2.26. The van der Waals surface area contributed by atoms with E-state index in [-0.39, 0.29) is 14.2 Å². The fraction of sp³-hybridized carbons (Fsp3) is 0. The van der Waals surface area contributed by atoms with Gasteiger partial charge in [0.2, 0.25) is 8.46 Å². The van der Waals surface area contributed by atoms with E-state index in [1.807, 2.05) is 6.07 Å². The van der Waals surface area contributed by atoms with Gasteiger partial charge in [-0.25, -0.2) is 4.98 Å². The molecular weight excluding hydrogens is 209 g/mol. The van der Waals surface area contributed by atoms with Gasteiger partial charge in [-0.1, -0.05) is 18.2 Å². The van der Waals surface area contributed by atoms with Crippen LogP contribution in [-0.2, 0) is 4.57 Å². The molecule has 0 bridgehead atoms. The van der Waals surface area contributed by atoms with Crippen LogP contribution in [0.2, 0.25) is 0 Å². The first kappa shape index (κ1) is 9.81. The largest absolute Gasteiger partial charge is 0.507 e. The van der Waals surface area contributed by atoms with Gasteiger partial charge in [0.05, 0.1) is 5.69 Å². The minimum absolute atomic E-state index is 0.117. The van der Waals surface area contributed by atoms with E-state index >= 15 is 0 Å². The monoisotopic (exact) mass is 217 g/mol. The Hall–Kier alpha value is -1.73. The molecule has 0 fully saturated rings. The van der Waals surface area contributed by atoms with Crippen molar-refractivity contribution in [3.63, 3.8) is 0 Å². The molecule has 1 aromatic carbocycles. The molecule has 0 unspecified atom stereocenters. The second-order valence-corrected chi connectivity index (χ2v) is 3.63. The van der Waals surface area contributed by atoms with Gasteiger partial charge in [-0.05, 0) is 24.3 Å². The fourth-order valence-corrected chi connectivity index (χ4v) is 1.61. The van der Waals surface area contributed by atoms with Crippen LogP contribution in [0.25, 0.3) is 11.3 Å². The number of phenols is 1. The highest BCUT2D eigenvalue weighted by atomic mass is 31.1. The summed E-state index contributed by atoms with van der Waals surface area (Å²) in [5.74, 6) is 0.171. The smallest absolute Gasteiger partial charge is 0.212 e. The summed E-state index contributed by atoms with van der Waals surface area (Å²) in [6.45, 7) is 0. The van der Waals surface area contributed by atoms with Crippen LogP contribution in [0.15, 0.2) is 42.5 Å². The third-order valence-electron chi connectivity index (χ3n) is 2.01. The van der Waals surface area contributed by atoms with E-state index in [0.717, 1.165) is 0 Å². The summed E-state index contributed by atoms with van der Waals surface area (Å²) in [5, 5.41) is 9.61. The van der Waals surface area contributed by atoms with Gasteiger partial charge in [0.15, 0.2) is 0 Å². The summed E-state index contributed by atoms with van der Waals surface area (Å²) in [7, 11) is -0.117. The minimum Gasteiger partial charge on any atom is -0.507 e. The fourth-order valence-electron chi connectivity index (χ4n) is 1.31. The average Bonchev–Trinajstić information content (AvgIpc) is 2.30. The van der Waals surface area contributed by atoms with Crippen molar-refractivity contribution in [2.75, 3.05) is 0 Å². The van der Waals surface area contributed by atoms with Gasteiger partial charge < -0.3 is 5.11 Å². The zero-order valence-electron chi connectivity index (χ0n) is 7.79. The molecule has 0 aliphatic carbocycles. The lowest BCUT2D eigenvalue weighted by Crippen LogP contribution is -1.98. The van der Waals surface area contributed by atoms with E-state index in [4.69, 9.17) is 0 Å². The molecule has 1 heterocycles. The molecule has 0 aliphatic rings. The van der Waals surface area contributed by atoms with E-state index in [1.165, 1.54) is 0 Å². The highest BCUT2D eigenvalue weighted by Gasteiger charge is 2.04. The van der Waals surface area contributed by atoms with Crippen LogP contribution in [0.5, 0.6) is 5.75 Å². The normalized spacial score (nSPS) is 10.4. The molecule has 3 nitrogen and oxygen atoms in total. The standard InChI is InChI=1S/C11H8NO2P/c13-10-6-2-1-4-8(10)9-5-3-7-11(12-9)15-14/h1-7,13H. The van der Waals surface area contributed by atoms with Crippen molar-refractivity contribution in [1.82, 2.24) is 4.98 Å². The maximum Gasteiger partial charge on any atom is 0.212 e. The maximum absolute atomic E-state index is 10.6. The van der Waals surface area contributed by atoms with Crippen LogP contribution in [-0.4, -0.2) is 10.1 Å². The molecule has 2 rings (SSSR count). The molecule has 0 spiro atoms. The van der Waals surface area contributed by atoms with Crippen LogP contribution >= 0.6 is 8.46 Å². The Morgan fingerprint density at radius 3 is 2.60 bits per heavy atom. The van der Waals surface area contributed by atoms with Crippen molar-refractivity contribution in [2.24, 2.45) is 0 Å². The van der Waals surface area contributed by atoms with Crippen molar-refractivity contribution in [3.05, 3.63) is 42.5 Å². The molecule has 0 amide bonds. The predicted octanol–water partition coefficient (Wildman–Crippen LogP) is 2.37. The van der Waals surface area contributed by atoms with Gasteiger partial charge in [0.25, 0.3) is 0 Å². The quantitative estimate of drug-likeness (QED) is 0.785. The zero-order valence-corrected chi connectivity index (χ0v) is 8.69. The molecule has 74 valence electrons. The molecule has 15 heavy (non-hydrogen) atoms. The first-order valence-corrected chi connectivity index (χ1v) is 5.21. The number of nitrogens with zero attached hydrogens (tertiary/aromatic N) is 1. The Labute approximate surface area is 88.6 Å². The first-order valence-electron chi connectivity index (χ1n) is 4.40. The topological polar surface area (TPSA) is 50.2 Å². The minimum atomic E-state index is -0.117. The average molecular weight is 217 g/mol. The van der Waals surface area contributed by atoms with E-state index < -0.39 is 0 Å². The van der Waals surface area contributed by atoms with Crippen molar-refractivity contribution in [3.8, 4) is 17.0 Å². The third kappa shape index (κ3) is 2.03. The molecule has 0 atom stereocenters. The number of phenolic OH excluding ortho intramolecular Hbond substituents is 1. The van der Waals surface area contributed by atoms with Gasteiger partial charge in [-0.3, -0.25) is 4.57 Å². The Balaban J connectivity index is 2.54. The Morgan fingerprint density at radius 2 is 1.87 bits per heavy atom. The molecule has 0 radical (unpaired) electrons. The lowest BCUT2D eigenvalue weighted by Gasteiger charge is -2.02. The second-order valence-electron chi connectivity index (χ2n) is 2.99. The van der Waals surface area contributed by atoms with Crippen molar-refractivity contribution >= 4 is 13.9 Å². The Kier molecular flexibility index (Phi) is 2.75. The number of benzene rings is 1. The van der Waals surface area contributed by atoms with Gasteiger partial charge in [-0.15, -0.1) is 0 Å². The Bertz CT molecular complexity index is 499. The highest BCUT2D eigenvalue weighted by molar-refractivity contribution is 7.33. The molecule has 1 aromatic heterocycles. The van der Waals surface area contributed by atoms with Crippen molar-refractivity contribution in [1.29, 1.82) is 0 Å². The van der Waals surface area contributed by atoms with Crippen molar-refractivity contribution < 1.29 is 9.67 Å². The number of hydrogen-bond acceptors (Lipinski definition) is 3. The summed E-state index contributed by atoms with van der Waals surface area (Å²) < 4.78 is 10.6. The van der Waals surface area contributed by atoms with Crippen LogP contribution in [0.4, 0.5) is 0 Å². The number of aromatic nitrogens is 1. The van der Waals surface area contributed by atoms with Gasteiger partial charge in [0.1, 0.15) is 11.2 Å². The molecule has 2 aromatic rings. The van der Waals surface area contributed by atoms with Crippen LogP contribution in [0, 0.1) is 0 Å². The summed E-state index contributed by atoms with van der Waals surface area (Å²) >= 11 is 0. The van der Waals surface area contributed by atoms with Gasteiger partial charge >= 0.3 is 0 Å². The molecule has 0 saturated carbocycles. The van der Waals surface area contributed by atoms with E-state index in [1.54, 1.807) is 36.4 Å². The second kappa shape index (κ2) is 4.20. The van der Waals surface area contributed by atoms with Crippen LogP contribution in [0.1, 0.15) is 0 Å². The molecule has 0 aliphatic heterocycles. The van der Waals surface area contributed by atoms with E-state index in [9.17, 15) is 9.67 Å². The number of rotatable bonds is 2.